The van der Waals surface area contributed by atoms with Gasteiger partial charge in [-0.3, -0.25) is 4.57 Å². The van der Waals surface area contributed by atoms with Crippen LogP contribution >= 0.6 is 11.3 Å². The maximum absolute atomic E-state index is 12.4. The summed E-state index contributed by atoms with van der Waals surface area (Å²) >= 11 is 1.45. The standard InChI is InChI=1S/C14H13N5O4S2/c1-18-11-3-2-10(6-12(11)23-14(18)20)25(21,22)17-5-4-9-7-24-13-15-8-16-19(9)13/h2-3,6-8,17H,4-5H2,1H3. The lowest BCUT2D eigenvalue weighted by atomic mass is 10.3. The molecule has 0 aliphatic carbocycles. The number of nitrogens with zero attached hydrogens (tertiary/aromatic N) is 4. The summed E-state index contributed by atoms with van der Waals surface area (Å²) in [4.78, 5) is 16.4. The molecule has 0 bridgehead atoms. The van der Waals surface area contributed by atoms with Crippen LogP contribution in [-0.2, 0) is 23.5 Å². The zero-order valence-corrected chi connectivity index (χ0v) is 14.7. The number of aryl methyl sites for hydroxylation is 1. The molecule has 4 aromatic rings. The predicted molar refractivity (Wildman–Crippen MR) is 91.2 cm³/mol. The summed E-state index contributed by atoms with van der Waals surface area (Å²) in [7, 11) is -2.15. The van der Waals surface area contributed by atoms with E-state index in [9.17, 15) is 13.2 Å². The molecule has 4 rings (SSSR count). The fourth-order valence-corrected chi connectivity index (χ4v) is 4.40. The number of sulfonamides is 1. The molecular weight excluding hydrogens is 366 g/mol. The van der Waals surface area contributed by atoms with Crippen LogP contribution in [0.25, 0.3) is 16.1 Å². The van der Waals surface area contributed by atoms with Crippen molar-refractivity contribution in [2.24, 2.45) is 7.05 Å². The van der Waals surface area contributed by atoms with Crippen LogP contribution in [0.5, 0.6) is 0 Å². The Morgan fingerprint density at radius 3 is 3.04 bits per heavy atom. The zero-order valence-electron chi connectivity index (χ0n) is 13.0. The lowest BCUT2D eigenvalue weighted by Gasteiger charge is -2.06. The highest BCUT2D eigenvalue weighted by atomic mass is 32.2. The van der Waals surface area contributed by atoms with E-state index in [0.29, 0.717) is 11.9 Å². The molecule has 0 amide bonds. The summed E-state index contributed by atoms with van der Waals surface area (Å²) in [6, 6.07) is 4.34. The van der Waals surface area contributed by atoms with Gasteiger partial charge in [-0.25, -0.2) is 27.4 Å². The minimum Gasteiger partial charge on any atom is -0.408 e. The van der Waals surface area contributed by atoms with Gasteiger partial charge >= 0.3 is 5.76 Å². The number of oxazole rings is 1. The van der Waals surface area contributed by atoms with E-state index in [-0.39, 0.29) is 17.0 Å². The minimum absolute atomic E-state index is 0.0468. The van der Waals surface area contributed by atoms with E-state index in [4.69, 9.17) is 4.42 Å². The molecule has 1 aromatic carbocycles. The smallest absolute Gasteiger partial charge is 0.408 e. The van der Waals surface area contributed by atoms with Crippen molar-refractivity contribution in [2.75, 3.05) is 6.54 Å². The number of nitrogens with one attached hydrogen (secondary N) is 1. The highest BCUT2D eigenvalue weighted by Crippen LogP contribution is 2.18. The summed E-state index contributed by atoms with van der Waals surface area (Å²) in [6.45, 7) is 0.213. The average molecular weight is 379 g/mol. The molecule has 0 fully saturated rings. The van der Waals surface area contributed by atoms with Gasteiger partial charge < -0.3 is 4.42 Å². The zero-order chi connectivity index (χ0) is 17.6. The SMILES string of the molecule is Cn1c(=O)oc2cc(S(=O)(=O)NCCc3csc4ncnn34)ccc21. The first kappa shape index (κ1) is 16.0. The van der Waals surface area contributed by atoms with Crippen LogP contribution in [0, 0.1) is 0 Å². The van der Waals surface area contributed by atoms with Gasteiger partial charge in [-0.1, -0.05) is 0 Å². The van der Waals surface area contributed by atoms with Gasteiger partial charge in [-0.2, -0.15) is 5.10 Å². The van der Waals surface area contributed by atoms with Crippen LogP contribution in [-0.4, -0.2) is 34.1 Å². The van der Waals surface area contributed by atoms with E-state index < -0.39 is 15.8 Å². The molecule has 0 spiro atoms. The van der Waals surface area contributed by atoms with Crippen LogP contribution in [0.1, 0.15) is 5.69 Å². The summed E-state index contributed by atoms with van der Waals surface area (Å²) in [6.07, 6.45) is 1.94. The molecule has 0 aliphatic rings. The summed E-state index contributed by atoms with van der Waals surface area (Å²) < 4.78 is 35.5. The summed E-state index contributed by atoms with van der Waals surface area (Å²) in [5.41, 5.74) is 1.65. The fourth-order valence-electron chi connectivity index (χ4n) is 2.52. The molecule has 0 saturated heterocycles. The number of hydrogen-bond acceptors (Lipinski definition) is 7. The molecule has 0 saturated carbocycles. The van der Waals surface area contributed by atoms with Crippen molar-refractivity contribution in [1.29, 1.82) is 0 Å². The quantitative estimate of drug-likeness (QED) is 0.548. The Hall–Kier alpha value is -2.50. The molecule has 9 nitrogen and oxygen atoms in total. The third-order valence-electron chi connectivity index (χ3n) is 3.84. The lowest BCUT2D eigenvalue weighted by molar-refractivity contribution is 0.527. The molecule has 0 atom stereocenters. The van der Waals surface area contributed by atoms with Gasteiger partial charge in [0.15, 0.2) is 5.58 Å². The Kier molecular flexibility index (Phi) is 3.71. The highest BCUT2D eigenvalue weighted by Gasteiger charge is 2.17. The van der Waals surface area contributed by atoms with E-state index in [2.05, 4.69) is 14.8 Å². The second kappa shape index (κ2) is 5.79. The van der Waals surface area contributed by atoms with Crippen LogP contribution in [0.2, 0.25) is 0 Å². The first-order chi connectivity index (χ1) is 12.0. The monoisotopic (exact) mass is 379 g/mol. The average Bonchev–Trinajstić information content (AvgIpc) is 3.25. The Morgan fingerprint density at radius 1 is 1.36 bits per heavy atom. The van der Waals surface area contributed by atoms with Crippen LogP contribution in [0.3, 0.4) is 0 Å². The first-order valence-electron chi connectivity index (χ1n) is 7.31. The molecule has 0 aliphatic heterocycles. The second-order valence-electron chi connectivity index (χ2n) is 5.39. The van der Waals surface area contributed by atoms with E-state index >= 15 is 0 Å². The molecule has 25 heavy (non-hydrogen) atoms. The van der Waals surface area contributed by atoms with Crippen molar-refractivity contribution in [3.05, 3.63) is 46.2 Å². The van der Waals surface area contributed by atoms with Crippen molar-refractivity contribution in [2.45, 2.75) is 11.3 Å². The number of aromatic nitrogens is 4. The van der Waals surface area contributed by atoms with Crippen molar-refractivity contribution in [3.63, 3.8) is 0 Å². The van der Waals surface area contributed by atoms with Crippen LogP contribution < -0.4 is 10.5 Å². The largest absolute Gasteiger partial charge is 0.419 e. The van der Waals surface area contributed by atoms with Gasteiger partial charge in [0.25, 0.3) is 0 Å². The maximum atomic E-state index is 12.4. The minimum atomic E-state index is -3.71. The molecular formula is C14H13N5O4S2. The number of hydrogen-bond donors (Lipinski definition) is 1. The van der Waals surface area contributed by atoms with Crippen LogP contribution in [0.4, 0.5) is 0 Å². The predicted octanol–water partition coefficient (Wildman–Crippen LogP) is 0.757. The van der Waals surface area contributed by atoms with Gasteiger partial charge in [-0.05, 0) is 12.1 Å². The number of thiazole rings is 1. The Balaban J connectivity index is 1.53. The van der Waals surface area contributed by atoms with Crippen molar-refractivity contribution in [1.82, 2.24) is 23.9 Å². The van der Waals surface area contributed by atoms with Crippen molar-refractivity contribution in [3.8, 4) is 0 Å². The highest BCUT2D eigenvalue weighted by molar-refractivity contribution is 7.89. The third-order valence-corrected chi connectivity index (χ3v) is 6.17. The fraction of sp³-hybridized carbons (Fsp3) is 0.214. The maximum Gasteiger partial charge on any atom is 0.419 e. The van der Waals surface area contributed by atoms with Gasteiger partial charge in [-0.15, -0.1) is 11.3 Å². The van der Waals surface area contributed by atoms with Crippen LogP contribution in [0.15, 0.2) is 44.0 Å². The van der Waals surface area contributed by atoms with Crippen molar-refractivity contribution < 1.29 is 12.8 Å². The van der Waals surface area contributed by atoms with Crippen molar-refractivity contribution >= 4 is 37.4 Å². The summed E-state index contributed by atoms with van der Waals surface area (Å²) in [5, 5.41) is 5.99. The summed E-state index contributed by atoms with van der Waals surface area (Å²) in [5.74, 6) is -0.535. The Bertz CT molecular complexity index is 1230. The molecule has 3 aromatic heterocycles. The molecule has 0 radical (unpaired) electrons. The topological polar surface area (TPSA) is 112 Å². The molecule has 1 N–H and O–H groups in total. The first-order valence-corrected chi connectivity index (χ1v) is 9.67. The Morgan fingerprint density at radius 2 is 2.20 bits per heavy atom. The molecule has 0 unspecified atom stereocenters. The molecule has 11 heteroatoms. The number of benzene rings is 1. The van der Waals surface area contributed by atoms with E-state index in [1.54, 1.807) is 17.6 Å². The van der Waals surface area contributed by atoms with E-state index in [0.717, 1.165) is 10.7 Å². The van der Waals surface area contributed by atoms with Gasteiger partial charge in [0.05, 0.1) is 16.1 Å². The lowest BCUT2D eigenvalue weighted by Crippen LogP contribution is -2.26. The van der Waals surface area contributed by atoms with E-state index in [1.807, 2.05) is 5.38 Å². The second-order valence-corrected chi connectivity index (χ2v) is 7.99. The number of fused-ring (bicyclic) bond motifs is 2. The Labute approximate surface area is 145 Å². The normalized spacial score (nSPS) is 12.4. The molecule has 3 heterocycles. The number of rotatable bonds is 5. The van der Waals surface area contributed by atoms with Gasteiger partial charge in [0.1, 0.15) is 6.33 Å². The van der Waals surface area contributed by atoms with Gasteiger partial charge in [0.2, 0.25) is 15.0 Å². The van der Waals surface area contributed by atoms with E-state index in [1.165, 1.54) is 34.4 Å². The third kappa shape index (κ3) is 2.75. The molecule has 130 valence electrons. The van der Waals surface area contributed by atoms with Gasteiger partial charge in [0, 0.05) is 31.5 Å².